The second kappa shape index (κ2) is 7.34. The standard InChI is InChI=1S/C20H18F2N4O4S/c1-10-12-5-3-4-6-16(12)30-18(10)19(27)24-11-7-13(17(22)14(21)8-11)15-9-31(28,29)26(2)20(23)25-15/h3-8,15H,9H2,1-2H3,(H2,23,25)(H,24,27)/t15-/m0/s1. The van der Waals surface area contributed by atoms with E-state index in [1.54, 1.807) is 31.2 Å². The van der Waals surface area contributed by atoms with Crippen LogP contribution in [0.1, 0.15) is 27.7 Å². The zero-order valence-corrected chi connectivity index (χ0v) is 17.3. The third-order valence-electron chi connectivity index (χ3n) is 5.12. The van der Waals surface area contributed by atoms with Crippen molar-refractivity contribution in [1.29, 1.82) is 0 Å². The fourth-order valence-electron chi connectivity index (χ4n) is 3.40. The topological polar surface area (TPSA) is 118 Å². The molecule has 0 fully saturated rings. The summed E-state index contributed by atoms with van der Waals surface area (Å²) in [5.41, 5.74) is 6.30. The molecule has 0 spiro atoms. The van der Waals surface area contributed by atoms with Gasteiger partial charge < -0.3 is 15.5 Å². The van der Waals surface area contributed by atoms with E-state index in [1.807, 2.05) is 0 Å². The van der Waals surface area contributed by atoms with Crippen LogP contribution in [-0.2, 0) is 10.0 Å². The molecule has 31 heavy (non-hydrogen) atoms. The maximum Gasteiger partial charge on any atom is 0.291 e. The maximum atomic E-state index is 14.5. The van der Waals surface area contributed by atoms with Crippen LogP contribution in [0.25, 0.3) is 11.0 Å². The summed E-state index contributed by atoms with van der Waals surface area (Å²) >= 11 is 0. The van der Waals surface area contributed by atoms with Crippen LogP contribution < -0.4 is 11.1 Å². The van der Waals surface area contributed by atoms with Gasteiger partial charge in [-0.3, -0.25) is 4.79 Å². The van der Waals surface area contributed by atoms with Gasteiger partial charge in [-0.15, -0.1) is 0 Å². The molecule has 0 saturated heterocycles. The predicted octanol–water partition coefficient (Wildman–Crippen LogP) is 2.90. The second-order valence-electron chi connectivity index (χ2n) is 7.12. The highest BCUT2D eigenvalue weighted by Gasteiger charge is 2.33. The summed E-state index contributed by atoms with van der Waals surface area (Å²) in [4.78, 5) is 16.7. The number of benzene rings is 2. The average Bonchev–Trinajstić information content (AvgIpc) is 3.05. The molecular formula is C20H18F2N4O4S. The van der Waals surface area contributed by atoms with E-state index in [4.69, 9.17) is 10.2 Å². The molecule has 2 heterocycles. The van der Waals surface area contributed by atoms with Crippen LogP contribution in [-0.4, -0.2) is 37.4 Å². The Balaban J connectivity index is 1.70. The molecule has 0 bridgehead atoms. The molecular weight excluding hydrogens is 430 g/mol. The zero-order chi connectivity index (χ0) is 22.5. The van der Waals surface area contributed by atoms with Crippen LogP contribution in [0, 0.1) is 18.6 Å². The largest absolute Gasteiger partial charge is 0.451 e. The maximum absolute atomic E-state index is 14.5. The van der Waals surface area contributed by atoms with Crippen LogP contribution in [0.15, 0.2) is 45.8 Å². The number of rotatable bonds is 3. The molecule has 8 nitrogen and oxygen atoms in total. The molecule has 1 atom stereocenters. The Morgan fingerprint density at radius 2 is 2.00 bits per heavy atom. The molecule has 0 aliphatic carbocycles. The molecule has 1 aromatic heterocycles. The summed E-state index contributed by atoms with van der Waals surface area (Å²) in [5, 5.41) is 3.22. The van der Waals surface area contributed by atoms with Gasteiger partial charge in [0.25, 0.3) is 5.91 Å². The lowest BCUT2D eigenvalue weighted by atomic mass is 10.1. The van der Waals surface area contributed by atoms with Gasteiger partial charge in [-0.05, 0) is 19.1 Å². The molecule has 3 aromatic rings. The molecule has 0 saturated carbocycles. The Hall–Kier alpha value is -3.47. The lowest BCUT2D eigenvalue weighted by Crippen LogP contribution is -2.45. The Morgan fingerprint density at radius 3 is 2.68 bits per heavy atom. The SMILES string of the molecule is Cc1c(C(=O)Nc2cc(F)c(F)c([C@@H]3CS(=O)(=O)N(C)C(N)=N3)c2)oc2ccccc12. The van der Waals surface area contributed by atoms with Crippen molar-refractivity contribution in [3.63, 3.8) is 0 Å². The number of furan rings is 1. The smallest absolute Gasteiger partial charge is 0.291 e. The van der Waals surface area contributed by atoms with Gasteiger partial charge in [-0.1, -0.05) is 18.2 Å². The minimum Gasteiger partial charge on any atom is -0.451 e. The van der Waals surface area contributed by atoms with Gasteiger partial charge in [-0.25, -0.2) is 26.5 Å². The Labute approximate surface area is 176 Å². The lowest BCUT2D eigenvalue weighted by molar-refractivity contribution is 0.0998. The highest BCUT2D eigenvalue weighted by atomic mass is 32.2. The van der Waals surface area contributed by atoms with Crippen molar-refractivity contribution >= 4 is 38.5 Å². The lowest BCUT2D eigenvalue weighted by Gasteiger charge is -2.27. The number of nitrogens with two attached hydrogens (primary N) is 1. The summed E-state index contributed by atoms with van der Waals surface area (Å²) in [6.07, 6.45) is 0. The monoisotopic (exact) mass is 448 g/mol. The van der Waals surface area contributed by atoms with Crippen LogP contribution in [0.3, 0.4) is 0 Å². The number of aliphatic imine (C=N–C) groups is 1. The van der Waals surface area contributed by atoms with Gasteiger partial charge in [0.15, 0.2) is 17.4 Å². The predicted molar refractivity (Wildman–Crippen MR) is 111 cm³/mol. The van der Waals surface area contributed by atoms with Gasteiger partial charge in [0.1, 0.15) is 5.58 Å². The van der Waals surface area contributed by atoms with Crippen LogP contribution in [0.4, 0.5) is 14.5 Å². The van der Waals surface area contributed by atoms with Gasteiger partial charge >= 0.3 is 0 Å². The number of hydrogen-bond donors (Lipinski definition) is 2. The van der Waals surface area contributed by atoms with E-state index in [0.29, 0.717) is 11.1 Å². The van der Waals surface area contributed by atoms with Gasteiger partial charge in [-0.2, -0.15) is 0 Å². The van der Waals surface area contributed by atoms with Crippen molar-refractivity contribution < 1.29 is 26.4 Å². The summed E-state index contributed by atoms with van der Waals surface area (Å²) < 4.78 is 59.5. The van der Waals surface area contributed by atoms with E-state index in [-0.39, 0.29) is 23.0 Å². The van der Waals surface area contributed by atoms with E-state index >= 15 is 0 Å². The minimum absolute atomic E-state index is 0.0246. The first kappa shape index (κ1) is 20.8. The van der Waals surface area contributed by atoms with E-state index < -0.39 is 39.4 Å². The highest BCUT2D eigenvalue weighted by Crippen LogP contribution is 2.31. The summed E-state index contributed by atoms with van der Waals surface area (Å²) in [7, 11) is -2.63. The van der Waals surface area contributed by atoms with Crippen LogP contribution in [0.5, 0.6) is 0 Å². The molecule has 0 unspecified atom stereocenters. The molecule has 4 rings (SSSR count). The van der Waals surface area contributed by atoms with E-state index in [0.717, 1.165) is 21.8 Å². The molecule has 162 valence electrons. The summed E-state index contributed by atoms with van der Waals surface area (Å²) in [6.45, 7) is 1.71. The molecule has 1 amide bonds. The second-order valence-corrected chi connectivity index (χ2v) is 9.16. The molecule has 1 aliphatic rings. The van der Waals surface area contributed by atoms with E-state index in [1.165, 1.54) is 7.05 Å². The summed E-state index contributed by atoms with van der Waals surface area (Å²) in [6, 6.07) is 7.73. The molecule has 3 N–H and O–H groups in total. The molecule has 11 heteroatoms. The fourth-order valence-corrected chi connectivity index (χ4v) is 4.60. The van der Waals surface area contributed by atoms with Crippen LogP contribution in [0.2, 0.25) is 0 Å². The van der Waals surface area contributed by atoms with Crippen LogP contribution >= 0.6 is 0 Å². The van der Waals surface area contributed by atoms with Crippen molar-refractivity contribution in [2.24, 2.45) is 10.7 Å². The minimum atomic E-state index is -3.85. The highest BCUT2D eigenvalue weighted by molar-refractivity contribution is 7.89. The van der Waals surface area contributed by atoms with Crippen molar-refractivity contribution in [3.8, 4) is 0 Å². The Kier molecular flexibility index (Phi) is 4.92. The first-order valence-corrected chi connectivity index (χ1v) is 10.8. The zero-order valence-electron chi connectivity index (χ0n) is 16.5. The number of sulfonamides is 1. The van der Waals surface area contributed by atoms with Crippen molar-refractivity contribution in [2.75, 3.05) is 18.1 Å². The number of nitrogens with one attached hydrogen (secondary N) is 1. The first-order chi connectivity index (χ1) is 14.6. The third kappa shape index (κ3) is 3.61. The Morgan fingerprint density at radius 1 is 1.29 bits per heavy atom. The van der Waals surface area contributed by atoms with Gasteiger partial charge in [0.05, 0.1) is 11.8 Å². The number of guanidine groups is 1. The quantitative estimate of drug-likeness (QED) is 0.639. The number of hydrogen-bond acceptors (Lipinski definition) is 6. The number of nitrogens with zero attached hydrogens (tertiary/aromatic N) is 2. The fraction of sp³-hybridized carbons (Fsp3) is 0.200. The average molecular weight is 448 g/mol. The number of amides is 1. The van der Waals surface area contributed by atoms with Gasteiger partial charge in [0, 0.05) is 35.3 Å². The van der Waals surface area contributed by atoms with Gasteiger partial charge in [0.2, 0.25) is 16.0 Å². The van der Waals surface area contributed by atoms with Crippen molar-refractivity contribution in [2.45, 2.75) is 13.0 Å². The number of fused-ring (bicyclic) bond motifs is 1. The number of anilines is 1. The number of halogens is 2. The van der Waals surface area contributed by atoms with Crippen molar-refractivity contribution in [3.05, 3.63) is 64.9 Å². The Bertz CT molecular complexity index is 1350. The third-order valence-corrected chi connectivity index (χ3v) is 6.88. The number of aryl methyl sites for hydroxylation is 1. The number of para-hydroxylation sites is 1. The number of carbonyl (C=O) groups is 1. The normalized spacial score (nSPS) is 18.1. The number of carbonyl (C=O) groups excluding carboxylic acids is 1. The van der Waals surface area contributed by atoms with Crippen molar-refractivity contribution in [1.82, 2.24) is 4.31 Å². The molecule has 2 aromatic carbocycles. The van der Waals surface area contributed by atoms with E-state index in [9.17, 15) is 22.0 Å². The first-order valence-electron chi connectivity index (χ1n) is 9.17. The summed E-state index contributed by atoms with van der Waals surface area (Å²) in [5.74, 6) is -4.11. The molecule has 0 radical (unpaired) electrons. The van der Waals surface area contributed by atoms with E-state index in [2.05, 4.69) is 10.3 Å². The molecule has 1 aliphatic heterocycles.